The summed E-state index contributed by atoms with van der Waals surface area (Å²) < 4.78 is 0. The maximum atomic E-state index is 6.10. The van der Waals surface area contributed by atoms with E-state index in [1.807, 2.05) is 6.07 Å². The van der Waals surface area contributed by atoms with E-state index in [1.54, 1.807) is 5.56 Å². The fourth-order valence-corrected chi connectivity index (χ4v) is 6.14. The van der Waals surface area contributed by atoms with Crippen LogP contribution in [0.3, 0.4) is 0 Å². The van der Waals surface area contributed by atoms with Gasteiger partial charge in [0.05, 0.1) is 0 Å². The van der Waals surface area contributed by atoms with Gasteiger partial charge < -0.3 is 10.6 Å². The van der Waals surface area contributed by atoms with Gasteiger partial charge in [-0.2, -0.15) is 0 Å². The zero-order valence-corrected chi connectivity index (χ0v) is 16.3. The van der Waals surface area contributed by atoms with Gasteiger partial charge >= 0.3 is 0 Å². The number of anilines is 1. The van der Waals surface area contributed by atoms with Gasteiger partial charge in [0.2, 0.25) is 0 Å². The number of hydrogen-bond acceptors (Lipinski definition) is 2. The second-order valence-electron chi connectivity index (χ2n) is 9.35. The Kier molecular flexibility index (Phi) is 4.47. The van der Waals surface area contributed by atoms with Crippen LogP contribution in [0.5, 0.6) is 0 Å². The van der Waals surface area contributed by atoms with Crippen molar-refractivity contribution in [3.8, 4) is 0 Å². The van der Waals surface area contributed by atoms with Crippen molar-refractivity contribution < 1.29 is 0 Å². The third kappa shape index (κ3) is 3.29. The topological polar surface area (TPSA) is 29.3 Å². The molecule has 2 atom stereocenters. The number of fused-ring (bicyclic) bond motifs is 2. The van der Waals surface area contributed by atoms with Crippen molar-refractivity contribution >= 4 is 5.69 Å². The molecule has 3 fully saturated rings. The molecule has 2 unspecified atom stereocenters. The Morgan fingerprint density at radius 3 is 2.67 bits per heavy atom. The first-order chi connectivity index (χ1) is 13.2. The molecule has 2 nitrogen and oxygen atoms in total. The molecule has 5 rings (SSSR count). The van der Waals surface area contributed by atoms with Gasteiger partial charge in [-0.1, -0.05) is 48.9 Å². The number of likely N-dealkylation sites (tertiary alicyclic amines) is 1. The Balaban J connectivity index is 1.22. The maximum Gasteiger partial charge on any atom is 0.0316 e. The number of piperidine rings is 1. The van der Waals surface area contributed by atoms with Gasteiger partial charge in [-0.25, -0.2) is 0 Å². The van der Waals surface area contributed by atoms with Crippen LogP contribution in [-0.2, 0) is 5.41 Å². The van der Waals surface area contributed by atoms with E-state index < -0.39 is 0 Å². The molecule has 27 heavy (non-hydrogen) atoms. The van der Waals surface area contributed by atoms with Gasteiger partial charge in [0.15, 0.2) is 0 Å². The van der Waals surface area contributed by atoms with Crippen molar-refractivity contribution in [3.63, 3.8) is 0 Å². The molecule has 0 radical (unpaired) electrons. The first-order valence-electron chi connectivity index (χ1n) is 10.9. The summed E-state index contributed by atoms with van der Waals surface area (Å²) in [5.41, 5.74) is 10.5. The van der Waals surface area contributed by atoms with E-state index in [2.05, 4.69) is 53.4 Å². The molecule has 3 aliphatic rings. The molecular formula is C25H32N2. The fourth-order valence-electron chi connectivity index (χ4n) is 6.14. The van der Waals surface area contributed by atoms with E-state index in [9.17, 15) is 0 Å². The molecule has 0 aromatic heterocycles. The van der Waals surface area contributed by atoms with Crippen molar-refractivity contribution in [2.24, 2.45) is 5.92 Å². The van der Waals surface area contributed by atoms with E-state index in [1.165, 1.54) is 63.6 Å². The number of rotatable bonds is 4. The summed E-state index contributed by atoms with van der Waals surface area (Å²) >= 11 is 0. The third-order valence-corrected chi connectivity index (χ3v) is 7.71. The molecule has 2 N–H and O–H groups in total. The predicted molar refractivity (Wildman–Crippen MR) is 113 cm³/mol. The monoisotopic (exact) mass is 360 g/mol. The normalized spacial score (nSPS) is 33.4. The van der Waals surface area contributed by atoms with Gasteiger partial charge in [-0.3, -0.25) is 0 Å². The molecule has 0 spiro atoms. The van der Waals surface area contributed by atoms with Gasteiger partial charge in [0.25, 0.3) is 0 Å². The number of nitrogens with two attached hydrogens (primary N) is 1. The van der Waals surface area contributed by atoms with E-state index in [0.29, 0.717) is 5.41 Å². The Bertz CT molecular complexity index is 780. The molecule has 2 aromatic rings. The lowest BCUT2D eigenvalue weighted by Crippen LogP contribution is -2.53. The summed E-state index contributed by atoms with van der Waals surface area (Å²) in [6.07, 6.45) is 9.51. The Morgan fingerprint density at radius 2 is 1.85 bits per heavy atom. The largest absolute Gasteiger partial charge is 0.399 e. The SMILES string of the molecule is Nc1cccc(C23CCCC(C2)N(CC2CC(c4ccccc4)C2)CC3)c1. The zero-order valence-electron chi connectivity index (χ0n) is 16.3. The number of benzene rings is 2. The number of nitrogen functional groups attached to an aromatic ring is 1. The van der Waals surface area contributed by atoms with Crippen LogP contribution in [0.2, 0.25) is 0 Å². The van der Waals surface area contributed by atoms with Crippen LogP contribution < -0.4 is 5.73 Å². The van der Waals surface area contributed by atoms with E-state index >= 15 is 0 Å². The molecule has 1 heterocycles. The summed E-state index contributed by atoms with van der Waals surface area (Å²) in [4.78, 5) is 2.84. The summed E-state index contributed by atoms with van der Waals surface area (Å²) in [5, 5.41) is 0. The summed E-state index contributed by atoms with van der Waals surface area (Å²) in [5.74, 6) is 1.70. The third-order valence-electron chi connectivity index (χ3n) is 7.71. The highest BCUT2D eigenvalue weighted by Crippen LogP contribution is 2.49. The summed E-state index contributed by atoms with van der Waals surface area (Å²) in [6, 6.07) is 20.6. The zero-order chi connectivity index (χ0) is 18.3. The van der Waals surface area contributed by atoms with Crippen molar-refractivity contribution in [2.75, 3.05) is 18.8 Å². The Hall–Kier alpha value is -1.80. The Morgan fingerprint density at radius 1 is 1.00 bits per heavy atom. The quantitative estimate of drug-likeness (QED) is 0.745. The van der Waals surface area contributed by atoms with Crippen LogP contribution >= 0.6 is 0 Å². The van der Waals surface area contributed by atoms with Crippen LogP contribution in [0.1, 0.15) is 62.0 Å². The van der Waals surface area contributed by atoms with Crippen LogP contribution in [0.15, 0.2) is 54.6 Å². The predicted octanol–water partition coefficient (Wildman–Crippen LogP) is 5.35. The molecule has 2 aliphatic carbocycles. The van der Waals surface area contributed by atoms with Crippen molar-refractivity contribution in [3.05, 3.63) is 65.7 Å². The van der Waals surface area contributed by atoms with Gasteiger partial charge in [0, 0.05) is 18.3 Å². The van der Waals surface area contributed by atoms with Crippen LogP contribution in [0.25, 0.3) is 0 Å². The molecule has 1 aliphatic heterocycles. The lowest BCUT2D eigenvalue weighted by Gasteiger charge is -2.52. The minimum atomic E-state index is 0.390. The highest BCUT2D eigenvalue weighted by Gasteiger charge is 2.44. The summed E-state index contributed by atoms with van der Waals surface area (Å²) in [7, 11) is 0. The van der Waals surface area contributed by atoms with Crippen molar-refractivity contribution in [2.45, 2.75) is 62.3 Å². The number of nitrogens with zero attached hydrogens (tertiary/aromatic N) is 1. The van der Waals surface area contributed by atoms with Gasteiger partial charge in [-0.15, -0.1) is 0 Å². The van der Waals surface area contributed by atoms with E-state index in [0.717, 1.165) is 23.6 Å². The lowest BCUT2D eigenvalue weighted by atomic mass is 9.63. The molecule has 2 bridgehead atoms. The highest BCUT2D eigenvalue weighted by molar-refractivity contribution is 5.44. The van der Waals surface area contributed by atoms with Crippen LogP contribution in [0.4, 0.5) is 5.69 Å². The lowest BCUT2D eigenvalue weighted by molar-refractivity contribution is 0.0264. The fraction of sp³-hybridized carbons (Fsp3) is 0.520. The standard InChI is InChI=1S/C25H32N2/c26-23-9-4-8-22(16-23)25-11-5-10-24(17-25)27(13-12-25)18-19-14-21(15-19)20-6-2-1-3-7-20/h1-4,6-9,16,19,21,24H,5,10-15,17-18,26H2. The van der Waals surface area contributed by atoms with Crippen molar-refractivity contribution in [1.29, 1.82) is 0 Å². The first-order valence-corrected chi connectivity index (χ1v) is 10.9. The summed E-state index contributed by atoms with van der Waals surface area (Å²) in [6.45, 7) is 2.59. The molecule has 1 saturated heterocycles. The van der Waals surface area contributed by atoms with Crippen LogP contribution in [-0.4, -0.2) is 24.0 Å². The van der Waals surface area contributed by atoms with Gasteiger partial charge in [-0.05, 0) is 85.6 Å². The molecule has 0 amide bonds. The maximum absolute atomic E-state index is 6.10. The minimum Gasteiger partial charge on any atom is -0.399 e. The van der Waals surface area contributed by atoms with E-state index in [4.69, 9.17) is 5.73 Å². The highest BCUT2D eigenvalue weighted by atomic mass is 15.2. The molecule has 2 saturated carbocycles. The molecule has 2 heteroatoms. The molecule has 142 valence electrons. The van der Waals surface area contributed by atoms with E-state index in [-0.39, 0.29) is 0 Å². The average molecular weight is 361 g/mol. The second kappa shape index (κ2) is 6.98. The smallest absolute Gasteiger partial charge is 0.0316 e. The van der Waals surface area contributed by atoms with Crippen molar-refractivity contribution in [1.82, 2.24) is 4.90 Å². The minimum absolute atomic E-state index is 0.390. The Labute approximate surface area is 163 Å². The molecule has 2 aromatic carbocycles. The first kappa shape index (κ1) is 17.3. The number of hydrogen-bond donors (Lipinski definition) is 1. The molecular weight excluding hydrogens is 328 g/mol. The van der Waals surface area contributed by atoms with Gasteiger partial charge in [0.1, 0.15) is 0 Å². The van der Waals surface area contributed by atoms with Crippen LogP contribution in [0, 0.1) is 5.92 Å². The second-order valence-corrected chi connectivity index (χ2v) is 9.35. The average Bonchev–Trinajstić information content (AvgIpc) is 2.67.